The SMILES string of the molecule is CSCCS(=O)c1ccc(C(=O)O)o1. The fourth-order valence-electron chi connectivity index (χ4n) is 0.817. The lowest BCUT2D eigenvalue weighted by Crippen LogP contribution is -1.99. The minimum absolute atomic E-state index is 0.169. The monoisotopic (exact) mass is 234 g/mol. The van der Waals surface area contributed by atoms with Crippen molar-refractivity contribution in [2.75, 3.05) is 17.8 Å². The molecule has 14 heavy (non-hydrogen) atoms. The smallest absolute Gasteiger partial charge is 0.371 e. The highest BCUT2D eigenvalue weighted by atomic mass is 32.2. The lowest BCUT2D eigenvalue weighted by Gasteiger charge is -1.95. The van der Waals surface area contributed by atoms with Crippen LogP contribution in [0.5, 0.6) is 0 Å². The molecule has 0 saturated carbocycles. The summed E-state index contributed by atoms with van der Waals surface area (Å²) in [4.78, 5) is 10.5. The van der Waals surface area contributed by atoms with Gasteiger partial charge in [0, 0.05) is 11.5 Å². The maximum Gasteiger partial charge on any atom is 0.371 e. The van der Waals surface area contributed by atoms with Gasteiger partial charge in [-0.2, -0.15) is 11.8 Å². The van der Waals surface area contributed by atoms with Crippen molar-refractivity contribution in [3.05, 3.63) is 17.9 Å². The van der Waals surface area contributed by atoms with Gasteiger partial charge in [-0.3, -0.25) is 4.21 Å². The molecule has 6 heteroatoms. The van der Waals surface area contributed by atoms with Crippen LogP contribution in [0.1, 0.15) is 10.6 Å². The average molecular weight is 234 g/mol. The third kappa shape index (κ3) is 2.88. The fourth-order valence-corrected chi connectivity index (χ4v) is 2.69. The number of carboxylic acids is 1. The Hall–Kier alpha value is -0.750. The third-order valence-electron chi connectivity index (χ3n) is 1.49. The molecule has 0 amide bonds. The summed E-state index contributed by atoms with van der Waals surface area (Å²) in [7, 11) is -1.23. The summed E-state index contributed by atoms with van der Waals surface area (Å²) in [6.45, 7) is 0. The van der Waals surface area contributed by atoms with Crippen LogP contribution >= 0.6 is 11.8 Å². The Bertz CT molecular complexity index is 345. The summed E-state index contributed by atoms with van der Waals surface area (Å²) in [6, 6.07) is 2.76. The van der Waals surface area contributed by atoms with E-state index in [0.717, 1.165) is 5.75 Å². The van der Waals surface area contributed by atoms with E-state index in [1.54, 1.807) is 11.8 Å². The first-order valence-electron chi connectivity index (χ1n) is 3.85. The van der Waals surface area contributed by atoms with Crippen molar-refractivity contribution < 1.29 is 18.5 Å². The van der Waals surface area contributed by atoms with Gasteiger partial charge in [0.2, 0.25) is 5.76 Å². The molecule has 78 valence electrons. The van der Waals surface area contributed by atoms with Crippen LogP contribution in [0.3, 0.4) is 0 Å². The first-order chi connectivity index (χ1) is 6.65. The molecule has 1 unspecified atom stereocenters. The van der Waals surface area contributed by atoms with E-state index >= 15 is 0 Å². The van der Waals surface area contributed by atoms with Crippen LogP contribution in [0.25, 0.3) is 0 Å². The van der Waals surface area contributed by atoms with Gasteiger partial charge in [0.15, 0.2) is 5.09 Å². The van der Waals surface area contributed by atoms with Gasteiger partial charge in [0.1, 0.15) is 0 Å². The molecule has 1 aromatic heterocycles. The normalized spacial score (nSPS) is 12.6. The largest absolute Gasteiger partial charge is 0.475 e. The lowest BCUT2D eigenvalue weighted by atomic mass is 10.5. The molecule has 1 rings (SSSR count). The second-order valence-corrected chi connectivity index (χ2v) is 4.95. The van der Waals surface area contributed by atoms with Crippen molar-refractivity contribution in [3.8, 4) is 0 Å². The summed E-state index contributed by atoms with van der Waals surface area (Å²) in [5, 5.41) is 8.79. The van der Waals surface area contributed by atoms with Crippen LogP contribution in [0.2, 0.25) is 0 Å². The summed E-state index contributed by atoms with van der Waals surface area (Å²) < 4.78 is 16.3. The van der Waals surface area contributed by atoms with Crippen LogP contribution in [-0.4, -0.2) is 33.0 Å². The molecule has 0 bridgehead atoms. The van der Waals surface area contributed by atoms with Gasteiger partial charge in [-0.25, -0.2) is 4.79 Å². The highest BCUT2D eigenvalue weighted by Crippen LogP contribution is 2.13. The molecule has 0 fully saturated rings. The number of rotatable bonds is 5. The highest BCUT2D eigenvalue weighted by molar-refractivity contribution is 7.99. The molecule has 1 N–H and O–H groups in total. The molecule has 1 aromatic rings. The number of carboxylic acid groups (broad SMARTS) is 1. The Morgan fingerprint density at radius 2 is 2.36 bits per heavy atom. The molecule has 1 atom stereocenters. The molecule has 0 radical (unpaired) electrons. The summed E-state index contributed by atoms with van der Waals surface area (Å²) in [6.07, 6.45) is 1.92. The van der Waals surface area contributed by atoms with Crippen molar-refractivity contribution in [1.29, 1.82) is 0 Å². The number of thioether (sulfide) groups is 1. The van der Waals surface area contributed by atoms with Gasteiger partial charge in [0.25, 0.3) is 0 Å². The molecular formula is C8H10O4S2. The van der Waals surface area contributed by atoms with E-state index < -0.39 is 16.8 Å². The predicted molar refractivity (Wildman–Crippen MR) is 55.3 cm³/mol. The molecule has 0 aliphatic heterocycles. The zero-order chi connectivity index (χ0) is 10.6. The third-order valence-corrected chi connectivity index (χ3v) is 3.60. The molecule has 1 heterocycles. The summed E-state index contributed by atoms with van der Waals surface area (Å²) in [5.41, 5.74) is 0. The van der Waals surface area contributed by atoms with Crippen LogP contribution < -0.4 is 0 Å². The summed E-state index contributed by atoms with van der Waals surface area (Å²) in [5.74, 6) is -0.0701. The second-order valence-electron chi connectivity index (χ2n) is 2.47. The first-order valence-corrected chi connectivity index (χ1v) is 6.57. The minimum atomic E-state index is -1.23. The quantitative estimate of drug-likeness (QED) is 0.835. The number of hydrogen-bond donors (Lipinski definition) is 1. The van der Waals surface area contributed by atoms with Crippen LogP contribution in [0.15, 0.2) is 21.6 Å². The van der Waals surface area contributed by atoms with Gasteiger partial charge in [-0.15, -0.1) is 0 Å². The average Bonchev–Trinajstić information content (AvgIpc) is 2.62. The lowest BCUT2D eigenvalue weighted by molar-refractivity contribution is 0.0656. The van der Waals surface area contributed by atoms with Crippen molar-refractivity contribution in [2.45, 2.75) is 5.09 Å². The minimum Gasteiger partial charge on any atom is -0.475 e. The van der Waals surface area contributed by atoms with Gasteiger partial charge in [-0.05, 0) is 18.4 Å². The van der Waals surface area contributed by atoms with Gasteiger partial charge >= 0.3 is 5.97 Å². The second kappa shape index (κ2) is 5.21. The summed E-state index contributed by atoms with van der Waals surface area (Å²) >= 11 is 1.59. The number of hydrogen-bond acceptors (Lipinski definition) is 4. The van der Waals surface area contributed by atoms with Crippen molar-refractivity contribution in [3.63, 3.8) is 0 Å². The van der Waals surface area contributed by atoms with Crippen molar-refractivity contribution >= 4 is 28.5 Å². The number of aromatic carboxylic acids is 1. The van der Waals surface area contributed by atoms with E-state index in [0.29, 0.717) is 5.75 Å². The maximum atomic E-state index is 11.5. The van der Waals surface area contributed by atoms with E-state index in [9.17, 15) is 9.00 Å². The Morgan fingerprint density at radius 1 is 1.64 bits per heavy atom. The van der Waals surface area contributed by atoms with E-state index in [1.807, 2.05) is 6.26 Å². The van der Waals surface area contributed by atoms with E-state index in [2.05, 4.69) is 0 Å². The molecular weight excluding hydrogens is 224 g/mol. The number of carbonyl (C=O) groups is 1. The fraction of sp³-hybridized carbons (Fsp3) is 0.375. The Morgan fingerprint density at radius 3 is 2.86 bits per heavy atom. The van der Waals surface area contributed by atoms with E-state index in [1.165, 1.54) is 12.1 Å². The Labute approximate surface area is 88.1 Å². The molecule has 4 nitrogen and oxygen atoms in total. The standard InChI is InChI=1S/C8H10O4S2/c1-13-4-5-14(11)7-3-2-6(12-7)8(9)10/h2-3H,4-5H2,1H3,(H,9,10). The van der Waals surface area contributed by atoms with Gasteiger partial charge in [0.05, 0.1) is 10.8 Å². The Kier molecular flexibility index (Phi) is 4.21. The molecule has 0 aliphatic carbocycles. The number of furan rings is 1. The molecule has 0 aromatic carbocycles. The van der Waals surface area contributed by atoms with E-state index in [4.69, 9.17) is 9.52 Å². The van der Waals surface area contributed by atoms with Gasteiger partial charge < -0.3 is 9.52 Å². The molecule has 0 saturated heterocycles. The van der Waals surface area contributed by atoms with Crippen LogP contribution in [-0.2, 0) is 10.8 Å². The zero-order valence-electron chi connectivity index (χ0n) is 7.56. The topological polar surface area (TPSA) is 67.5 Å². The maximum absolute atomic E-state index is 11.5. The molecule has 0 aliphatic rings. The Balaban J connectivity index is 2.66. The van der Waals surface area contributed by atoms with E-state index in [-0.39, 0.29) is 10.9 Å². The zero-order valence-corrected chi connectivity index (χ0v) is 9.19. The van der Waals surface area contributed by atoms with Crippen LogP contribution in [0, 0.1) is 0 Å². The van der Waals surface area contributed by atoms with Crippen molar-refractivity contribution in [1.82, 2.24) is 0 Å². The van der Waals surface area contributed by atoms with Crippen LogP contribution in [0.4, 0.5) is 0 Å². The van der Waals surface area contributed by atoms with Gasteiger partial charge in [-0.1, -0.05) is 0 Å². The predicted octanol–water partition coefficient (Wildman–Crippen LogP) is 1.45. The van der Waals surface area contributed by atoms with Crippen molar-refractivity contribution in [2.24, 2.45) is 0 Å². The molecule has 0 spiro atoms. The highest BCUT2D eigenvalue weighted by Gasteiger charge is 2.12. The first kappa shape index (κ1) is 11.3.